The van der Waals surface area contributed by atoms with E-state index in [1.807, 2.05) is 32.0 Å². The van der Waals surface area contributed by atoms with Crippen LogP contribution in [0.1, 0.15) is 25.0 Å². The molecular weight excluding hydrogens is 288 g/mol. The summed E-state index contributed by atoms with van der Waals surface area (Å²) in [5, 5.41) is 1.15. The summed E-state index contributed by atoms with van der Waals surface area (Å²) in [6, 6.07) is 18.7. The van der Waals surface area contributed by atoms with Crippen molar-refractivity contribution >= 4 is 19.3 Å². The van der Waals surface area contributed by atoms with Crippen molar-refractivity contribution in [3.63, 3.8) is 0 Å². The molecule has 3 heteroatoms. The number of hydrogen-bond donors (Lipinski definition) is 0. The second kappa shape index (κ2) is 7.54. The fourth-order valence-corrected chi connectivity index (χ4v) is 4.83. The van der Waals surface area contributed by atoms with Gasteiger partial charge < -0.3 is 8.85 Å². The highest BCUT2D eigenvalue weighted by molar-refractivity contribution is 6.79. The van der Waals surface area contributed by atoms with Crippen LogP contribution in [0.25, 0.3) is 5.57 Å². The zero-order chi connectivity index (χ0) is 16.0. The Bertz CT molecular complexity index is 599. The summed E-state index contributed by atoms with van der Waals surface area (Å²) in [5.74, 6) is 0. The van der Waals surface area contributed by atoms with Gasteiger partial charge in [0, 0.05) is 13.2 Å². The summed E-state index contributed by atoms with van der Waals surface area (Å²) in [5.41, 5.74) is 3.30. The maximum absolute atomic E-state index is 5.94. The Hall–Kier alpha value is -1.68. The Morgan fingerprint density at radius 2 is 1.36 bits per heavy atom. The normalized spacial score (nSPS) is 11.4. The van der Waals surface area contributed by atoms with E-state index in [-0.39, 0.29) is 0 Å². The predicted octanol–water partition coefficient (Wildman–Crippen LogP) is 4.10. The molecule has 0 radical (unpaired) electrons. The summed E-state index contributed by atoms with van der Waals surface area (Å²) in [4.78, 5) is 0. The smallest absolute Gasteiger partial charge is 0.369 e. The van der Waals surface area contributed by atoms with Gasteiger partial charge in [-0.3, -0.25) is 0 Å². The minimum Gasteiger partial charge on any atom is -0.391 e. The largest absolute Gasteiger partial charge is 0.391 e. The molecule has 2 aromatic rings. The number of hydrogen-bond acceptors (Lipinski definition) is 2. The van der Waals surface area contributed by atoms with E-state index >= 15 is 0 Å². The van der Waals surface area contributed by atoms with Crippen molar-refractivity contribution in [2.75, 3.05) is 13.2 Å². The molecule has 0 saturated carbocycles. The van der Waals surface area contributed by atoms with Gasteiger partial charge in [0.15, 0.2) is 0 Å². The molecule has 0 amide bonds. The lowest BCUT2D eigenvalue weighted by molar-refractivity contribution is 0.202. The van der Waals surface area contributed by atoms with E-state index in [9.17, 15) is 0 Å². The molecule has 0 heterocycles. The van der Waals surface area contributed by atoms with Crippen molar-refractivity contribution in [2.24, 2.45) is 0 Å². The molecule has 0 N–H and O–H groups in total. The molecular formula is C19H24O2Si. The highest BCUT2D eigenvalue weighted by Gasteiger charge is 2.33. The van der Waals surface area contributed by atoms with Crippen LogP contribution in [-0.2, 0) is 8.85 Å². The topological polar surface area (TPSA) is 18.5 Å². The van der Waals surface area contributed by atoms with Crippen molar-refractivity contribution in [3.8, 4) is 0 Å². The van der Waals surface area contributed by atoms with E-state index in [0.717, 1.165) is 21.9 Å². The summed E-state index contributed by atoms with van der Waals surface area (Å²) in [6.45, 7) is 11.7. The van der Waals surface area contributed by atoms with E-state index < -0.39 is 8.56 Å². The Kier molecular flexibility index (Phi) is 5.72. The Morgan fingerprint density at radius 3 is 1.86 bits per heavy atom. The monoisotopic (exact) mass is 312 g/mol. The van der Waals surface area contributed by atoms with Crippen LogP contribution in [0.15, 0.2) is 61.2 Å². The summed E-state index contributed by atoms with van der Waals surface area (Å²) < 4.78 is 11.9. The quantitative estimate of drug-likeness (QED) is 0.717. The molecule has 116 valence electrons. The lowest BCUT2D eigenvalue weighted by Gasteiger charge is -2.26. The third-order valence-corrected chi connectivity index (χ3v) is 6.78. The van der Waals surface area contributed by atoms with Crippen LogP contribution in [0.3, 0.4) is 0 Å². The summed E-state index contributed by atoms with van der Waals surface area (Å²) in [7, 11) is -2.29. The molecule has 2 aromatic carbocycles. The lowest BCUT2D eigenvalue weighted by atomic mass is 10.00. The van der Waals surface area contributed by atoms with Gasteiger partial charge in [-0.25, -0.2) is 0 Å². The van der Waals surface area contributed by atoms with Gasteiger partial charge in [-0.05, 0) is 42.3 Å². The summed E-state index contributed by atoms with van der Waals surface area (Å²) in [6.07, 6.45) is 0. The van der Waals surface area contributed by atoms with Gasteiger partial charge >= 0.3 is 8.56 Å². The minimum atomic E-state index is -2.29. The van der Waals surface area contributed by atoms with Crippen LogP contribution in [0, 0.1) is 0 Å². The van der Waals surface area contributed by atoms with Crippen molar-refractivity contribution in [3.05, 3.63) is 72.3 Å². The maximum atomic E-state index is 5.94. The first-order valence-corrected chi connectivity index (χ1v) is 10.1. The van der Waals surface area contributed by atoms with Gasteiger partial charge in [0.2, 0.25) is 0 Å². The maximum Gasteiger partial charge on any atom is 0.369 e. The lowest BCUT2D eigenvalue weighted by Crippen LogP contribution is -2.51. The standard InChI is InChI=1S/C19H24O2Si/c1-5-20-22(4,21-6-2)19-14-12-18(13-15-19)16(3)17-10-8-7-9-11-17/h7-15H,3,5-6H2,1-2,4H3. The molecule has 0 aliphatic carbocycles. The van der Waals surface area contributed by atoms with Gasteiger partial charge in [0.25, 0.3) is 0 Å². The van der Waals surface area contributed by atoms with Gasteiger partial charge in [-0.15, -0.1) is 0 Å². The highest BCUT2D eigenvalue weighted by atomic mass is 28.4. The minimum absolute atomic E-state index is 0.668. The van der Waals surface area contributed by atoms with Crippen molar-refractivity contribution < 1.29 is 8.85 Å². The van der Waals surface area contributed by atoms with Crippen molar-refractivity contribution in [1.82, 2.24) is 0 Å². The van der Waals surface area contributed by atoms with E-state index in [1.54, 1.807) is 0 Å². The van der Waals surface area contributed by atoms with Crippen LogP contribution in [0.2, 0.25) is 6.55 Å². The molecule has 0 aliphatic rings. The SMILES string of the molecule is C=C(c1ccccc1)c1ccc([Si](C)(OCC)OCC)cc1. The molecule has 2 rings (SSSR count). The molecule has 0 fully saturated rings. The predicted molar refractivity (Wildman–Crippen MR) is 95.5 cm³/mol. The van der Waals surface area contributed by atoms with Gasteiger partial charge in [0.05, 0.1) is 0 Å². The molecule has 0 unspecified atom stereocenters. The van der Waals surface area contributed by atoms with Gasteiger partial charge in [0.1, 0.15) is 0 Å². The highest BCUT2D eigenvalue weighted by Crippen LogP contribution is 2.21. The Balaban J connectivity index is 2.24. The van der Waals surface area contributed by atoms with E-state index in [4.69, 9.17) is 8.85 Å². The fourth-order valence-electron chi connectivity index (χ4n) is 2.54. The third kappa shape index (κ3) is 3.74. The molecule has 22 heavy (non-hydrogen) atoms. The van der Waals surface area contributed by atoms with Crippen LogP contribution in [0.4, 0.5) is 0 Å². The van der Waals surface area contributed by atoms with E-state index in [1.165, 1.54) is 0 Å². The van der Waals surface area contributed by atoms with Crippen LogP contribution >= 0.6 is 0 Å². The molecule has 0 saturated heterocycles. The van der Waals surface area contributed by atoms with E-state index in [0.29, 0.717) is 13.2 Å². The summed E-state index contributed by atoms with van der Waals surface area (Å²) >= 11 is 0. The zero-order valence-electron chi connectivity index (χ0n) is 13.6. The van der Waals surface area contributed by atoms with E-state index in [2.05, 4.69) is 49.5 Å². The third-order valence-electron chi connectivity index (χ3n) is 3.72. The van der Waals surface area contributed by atoms with Gasteiger partial charge in [-0.2, -0.15) is 0 Å². The first kappa shape index (κ1) is 16.7. The van der Waals surface area contributed by atoms with Crippen molar-refractivity contribution in [1.29, 1.82) is 0 Å². The van der Waals surface area contributed by atoms with Crippen molar-refractivity contribution in [2.45, 2.75) is 20.4 Å². The second-order valence-corrected chi connectivity index (χ2v) is 8.28. The Morgan fingerprint density at radius 1 is 0.864 bits per heavy atom. The van der Waals surface area contributed by atoms with Crippen LogP contribution < -0.4 is 5.19 Å². The van der Waals surface area contributed by atoms with Crippen LogP contribution in [-0.4, -0.2) is 21.8 Å². The molecule has 0 bridgehead atoms. The molecule has 0 aliphatic heterocycles. The van der Waals surface area contributed by atoms with Crippen LogP contribution in [0.5, 0.6) is 0 Å². The molecule has 0 spiro atoms. The average molecular weight is 312 g/mol. The molecule has 0 atom stereocenters. The number of benzene rings is 2. The first-order valence-electron chi connectivity index (χ1n) is 7.74. The molecule has 2 nitrogen and oxygen atoms in total. The molecule has 0 aromatic heterocycles. The first-order chi connectivity index (χ1) is 10.6. The number of rotatable bonds is 7. The van der Waals surface area contributed by atoms with Gasteiger partial charge in [-0.1, -0.05) is 61.2 Å². The average Bonchev–Trinajstić information content (AvgIpc) is 2.55. The zero-order valence-corrected chi connectivity index (χ0v) is 14.6. The Labute approximate surface area is 134 Å². The second-order valence-electron chi connectivity index (χ2n) is 5.23. The fraction of sp³-hybridized carbons (Fsp3) is 0.263.